The third kappa shape index (κ3) is 4.10. The van der Waals surface area contributed by atoms with Crippen LogP contribution in [-0.2, 0) is 0 Å². The van der Waals surface area contributed by atoms with Crippen molar-refractivity contribution in [1.29, 1.82) is 0 Å². The van der Waals surface area contributed by atoms with Crippen molar-refractivity contribution in [3.8, 4) is 5.88 Å². The molecule has 0 unspecified atom stereocenters. The molecule has 1 aromatic carbocycles. The van der Waals surface area contributed by atoms with Gasteiger partial charge in [-0.25, -0.2) is 4.39 Å². The Bertz CT molecular complexity index is 838. The van der Waals surface area contributed by atoms with E-state index in [1.807, 2.05) is 25.1 Å². The van der Waals surface area contributed by atoms with Crippen molar-refractivity contribution in [3.63, 3.8) is 0 Å². The Morgan fingerprint density at radius 1 is 1.41 bits per heavy atom. The summed E-state index contributed by atoms with van der Waals surface area (Å²) in [6.07, 6.45) is -0.922. The van der Waals surface area contributed by atoms with Gasteiger partial charge in [0.2, 0.25) is 5.88 Å². The van der Waals surface area contributed by atoms with Gasteiger partial charge in [0.15, 0.2) is 0 Å². The first-order chi connectivity index (χ1) is 12.9. The quantitative estimate of drug-likeness (QED) is 0.869. The van der Waals surface area contributed by atoms with Gasteiger partial charge in [0.25, 0.3) is 11.8 Å². The number of amides is 2. The van der Waals surface area contributed by atoms with E-state index in [9.17, 15) is 14.0 Å². The zero-order chi connectivity index (χ0) is 19.6. The highest BCUT2D eigenvalue weighted by molar-refractivity contribution is 5.95. The molecule has 0 spiro atoms. The predicted octanol–water partition coefficient (Wildman–Crippen LogP) is 2.05. The zero-order valence-corrected chi connectivity index (χ0v) is 15.6. The predicted molar refractivity (Wildman–Crippen MR) is 97.6 cm³/mol. The second-order valence-electron chi connectivity index (χ2n) is 6.82. The molecule has 27 heavy (non-hydrogen) atoms. The third-order valence-corrected chi connectivity index (χ3v) is 4.71. The van der Waals surface area contributed by atoms with Crippen molar-refractivity contribution in [3.05, 3.63) is 47.2 Å². The largest absolute Gasteiger partial charge is 0.480 e. The number of hydrogen-bond acceptors (Lipinski definition) is 4. The van der Waals surface area contributed by atoms with Gasteiger partial charge in [-0.15, -0.1) is 5.10 Å². The molecule has 7 nitrogen and oxygen atoms in total. The molecule has 1 saturated heterocycles. The topological polar surface area (TPSA) is 78.5 Å². The van der Waals surface area contributed by atoms with Gasteiger partial charge in [-0.3, -0.25) is 14.7 Å². The number of benzene rings is 1. The van der Waals surface area contributed by atoms with E-state index in [0.29, 0.717) is 5.56 Å². The Hall–Kier alpha value is -2.90. The number of ether oxygens (including phenoxy) is 1. The van der Waals surface area contributed by atoms with Crippen LogP contribution in [0.4, 0.5) is 4.39 Å². The summed E-state index contributed by atoms with van der Waals surface area (Å²) in [5.41, 5.74) is 1.80. The van der Waals surface area contributed by atoms with Crippen molar-refractivity contribution in [1.82, 2.24) is 20.0 Å². The summed E-state index contributed by atoms with van der Waals surface area (Å²) in [6.45, 7) is 2.17. The normalized spacial score (nSPS) is 19.2. The maximum absolute atomic E-state index is 14.1. The number of carbonyl (C=O) groups excluding carboxylic acids is 2. The van der Waals surface area contributed by atoms with Crippen molar-refractivity contribution in [2.45, 2.75) is 25.6 Å². The first-order valence-corrected chi connectivity index (χ1v) is 8.75. The van der Waals surface area contributed by atoms with Crippen LogP contribution in [0, 0.1) is 6.92 Å². The number of halogens is 1. The fourth-order valence-electron chi connectivity index (χ4n) is 3.35. The summed E-state index contributed by atoms with van der Waals surface area (Å²) in [4.78, 5) is 28.4. The summed E-state index contributed by atoms with van der Waals surface area (Å²) in [5.74, 6) is -0.221. The molecule has 1 aliphatic rings. The first-order valence-electron chi connectivity index (χ1n) is 8.75. The summed E-state index contributed by atoms with van der Waals surface area (Å²) in [6, 6.07) is 8.38. The Labute approximate surface area is 157 Å². The maximum Gasteiger partial charge on any atom is 0.272 e. The van der Waals surface area contributed by atoms with Gasteiger partial charge < -0.3 is 14.5 Å². The minimum Gasteiger partial charge on any atom is -0.480 e. The Kier molecular flexibility index (Phi) is 5.43. The van der Waals surface area contributed by atoms with E-state index in [-0.39, 0.29) is 42.9 Å². The molecule has 0 radical (unpaired) electrons. The summed E-state index contributed by atoms with van der Waals surface area (Å²) < 4.78 is 19.0. The molecular formula is C19H23FN4O3. The highest BCUT2D eigenvalue weighted by atomic mass is 19.1. The van der Waals surface area contributed by atoms with Crippen molar-refractivity contribution in [2.24, 2.45) is 0 Å². The molecule has 2 heterocycles. The molecular weight excluding hydrogens is 351 g/mol. The summed E-state index contributed by atoms with van der Waals surface area (Å²) in [5, 5.41) is 6.46. The molecule has 1 aromatic heterocycles. The van der Waals surface area contributed by atoms with Gasteiger partial charge in [-0.05, 0) is 19.1 Å². The van der Waals surface area contributed by atoms with E-state index >= 15 is 0 Å². The number of likely N-dealkylation sites (N-methyl/N-ethyl adjacent to an activating group) is 1. The SMILES string of the molecule is COc1cc(C(=O)N2C[C@@H](F)C[C@H]2CN(C)C(=O)c2cccc(C)c2)[nH]n1. The second kappa shape index (κ2) is 7.77. The molecule has 0 aliphatic carbocycles. The number of carbonyl (C=O) groups is 2. The highest BCUT2D eigenvalue weighted by Gasteiger charge is 2.37. The van der Waals surface area contributed by atoms with Crippen LogP contribution in [-0.4, -0.2) is 71.3 Å². The maximum atomic E-state index is 14.1. The van der Waals surface area contributed by atoms with Crippen LogP contribution in [0.2, 0.25) is 0 Å². The lowest BCUT2D eigenvalue weighted by atomic mass is 10.1. The first kappa shape index (κ1) is 18.9. The molecule has 1 fully saturated rings. The van der Waals surface area contributed by atoms with Crippen molar-refractivity contribution < 1.29 is 18.7 Å². The molecule has 0 saturated carbocycles. The van der Waals surface area contributed by atoms with Crippen LogP contribution in [0.25, 0.3) is 0 Å². The number of alkyl halides is 1. The van der Waals surface area contributed by atoms with Crippen LogP contribution in [0.5, 0.6) is 5.88 Å². The van der Waals surface area contributed by atoms with E-state index in [1.54, 1.807) is 13.1 Å². The zero-order valence-electron chi connectivity index (χ0n) is 15.6. The molecule has 1 N–H and O–H groups in total. The number of H-pyrrole nitrogens is 1. The minimum atomic E-state index is -1.12. The number of likely N-dealkylation sites (tertiary alicyclic amines) is 1. The highest BCUT2D eigenvalue weighted by Crippen LogP contribution is 2.24. The van der Waals surface area contributed by atoms with E-state index in [1.165, 1.54) is 23.0 Å². The number of hydrogen-bond donors (Lipinski definition) is 1. The molecule has 1 aliphatic heterocycles. The lowest BCUT2D eigenvalue weighted by Gasteiger charge is -2.28. The molecule has 2 atom stereocenters. The van der Waals surface area contributed by atoms with Crippen LogP contribution in [0.1, 0.15) is 32.8 Å². The van der Waals surface area contributed by atoms with Gasteiger partial charge >= 0.3 is 0 Å². The minimum absolute atomic E-state index is 0.00267. The van der Waals surface area contributed by atoms with E-state index in [0.717, 1.165) is 5.56 Å². The fourth-order valence-corrected chi connectivity index (χ4v) is 3.35. The number of methoxy groups -OCH3 is 1. The van der Waals surface area contributed by atoms with Crippen LogP contribution >= 0.6 is 0 Å². The number of rotatable bonds is 5. The second-order valence-corrected chi connectivity index (χ2v) is 6.82. The van der Waals surface area contributed by atoms with E-state index < -0.39 is 12.2 Å². The number of nitrogens with one attached hydrogen (secondary N) is 1. The van der Waals surface area contributed by atoms with Crippen LogP contribution < -0.4 is 4.74 Å². The van der Waals surface area contributed by atoms with E-state index in [4.69, 9.17) is 4.74 Å². The van der Waals surface area contributed by atoms with Crippen LogP contribution in [0.15, 0.2) is 30.3 Å². The lowest BCUT2D eigenvalue weighted by Crippen LogP contribution is -2.44. The average Bonchev–Trinajstić information content (AvgIpc) is 3.27. The third-order valence-electron chi connectivity index (χ3n) is 4.71. The van der Waals surface area contributed by atoms with Gasteiger partial charge in [0.05, 0.1) is 19.7 Å². The Morgan fingerprint density at radius 3 is 2.85 bits per heavy atom. The molecule has 2 aromatic rings. The standard InChI is InChI=1S/C19H23FN4O3/c1-12-5-4-6-13(7-12)18(25)23(2)11-15-8-14(20)10-24(15)19(26)16-9-17(27-3)22-21-16/h4-7,9,14-15H,8,10-11H2,1-3H3,(H,21,22)/t14-,15-/m0/s1. The van der Waals surface area contributed by atoms with Gasteiger partial charge in [-0.1, -0.05) is 17.7 Å². The summed E-state index contributed by atoms with van der Waals surface area (Å²) >= 11 is 0. The Balaban J connectivity index is 1.72. The summed E-state index contributed by atoms with van der Waals surface area (Å²) in [7, 11) is 3.12. The fraction of sp³-hybridized carbons (Fsp3) is 0.421. The molecule has 144 valence electrons. The molecule has 8 heteroatoms. The average molecular weight is 374 g/mol. The number of aromatic nitrogens is 2. The molecule has 2 amide bonds. The van der Waals surface area contributed by atoms with Crippen LogP contribution in [0.3, 0.4) is 0 Å². The Morgan fingerprint density at radius 2 is 2.19 bits per heavy atom. The smallest absolute Gasteiger partial charge is 0.272 e. The number of aryl methyl sites for hydroxylation is 1. The van der Waals surface area contributed by atoms with Gasteiger partial charge in [-0.2, -0.15) is 0 Å². The number of aromatic amines is 1. The molecule has 0 bridgehead atoms. The van der Waals surface area contributed by atoms with Gasteiger partial charge in [0, 0.05) is 31.6 Å². The van der Waals surface area contributed by atoms with Crippen molar-refractivity contribution >= 4 is 11.8 Å². The van der Waals surface area contributed by atoms with Gasteiger partial charge in [0.1, 0.15) is 11.9 Å². The lowest BCUT2D eigenvalue weighted by molar-refractivity contribution is 0.0643. The van der Waals surface area contributed by atoms with Crippen molar-refractivity contribution in [2.75, 3.05) is 27.2 Å². The number of nitrogens with zero attached hydrogens (tertiary/aromatic N) is 3. The monoisotopic (exact) mass is 374 g/mol. The van der Waals surface area contributed by atoms with E-state index in [2.05, 4.69) is 10.2 Å². The molecule has 3 rings (SSSR count).